The fourth-order valence-corrected chi connectivity index (χ4v) is 3.48. The van der Waals surface area contributed by atoms with Gasteiger partial charge in [-0.25, -0.2) is 4.98 Å². The van der Waals surface area contributed by atoms with E-state index in [4.69, 9.17) is 11.6 Å². The van der Waals surface area contributed by atoms with Gasteiger partial charge in [-0.2, -0.15) is 0 Å². The average Bonchev–Trinajstić information content (AvgIpc) is 3.14. The summed E-state index contributed by atoms with van der Waals surface area (Å²) in [5, 5.41) is 0.506. The first-order valence-electron chi connectivity index (χ1n) is 7.66. The minimum absolute atomic E-state index is 0.00168. The Morgan fingerprint density at radius 1 is 1.26 bits per heavy atom. The van der Waals surface area contributed by atoms with E-state index in [-0.39, 0.29) is 11.3 Å². The highest BCUT2D eigenvalue weighted by atomic mass is 35.5. The molecule has 23 heavy (non-hydrogen) atoms. The zero-order chi connectivity index (χ0) is 15.9. The van der Waals surface area contributed by atoms with Crippen LogP contribution in [0, 0.1) is 23.2 Å². The summed E-state index contributed by atoms with van der Waals surface area (Å²) in [6.45, 7) is 1.45. The van der Waals surface area contributed by atoms with Crippen LogP contribution in [0.1, 0.15) is 22.5 Å². The maximum atomic E-state index is 12.6. The van der Waals surface area contributed by atoms with Crippen LogP contribution in [-0.2, 0) is 0 Å². The molecular weight excluding hydrogens is 308 g/mol. The molecular formula is C19H15ClN2O. The monoisotopic (exact) mass is 322 g/mol. The van der Waals surface area contributed by atoms with Gasteiger partial charge in [0, 0.05) is 19.3 Å². The summed E-state index contributed by atoms with van der Waals surface area (Å²) >= 11 is 6.14. The molecule has 1 saturated carbocycles. The van der Waals surface area contributed by atoms with Gasteiger partial charge < -0.3 is 4.90 Å². The molecule has 4 heteroatoms. The van der Waals surface area contributed by atoms with E-state index in [0.717, 1.165) is 18.7 Å². The van der Waals surface area contributed by atoms with E-state index in [9.17, 15) is 4.79 Å². The maximum absolute atomic E-state index is 12.6. The van der Waals surface area contributed by atoms with Crippen molar-refractivity contribution in [3.63, 3.8) is 0 Å². The summed E-state index contributed by atoms with van der Waals surface area (Å²) in [7, 11) is 0. The minimum atomic E-state index is -0.0472. The summed E-state index contributed by atoms with van der Waals surface area (Å²) in [6.07, 6.45) is 2.81. The van der Waals surface area contributed by atoms with Crippen molar-refractivity contribution in [2.24, 2.45) is 11.3 Å². The van der Waals surface area contributed by atoms with Crippen LogP contribution >= 0.6 is 11.6 Å². The number of likely N-dealkylation sites (tertiary alicyclic amines) is 1. The van der Waals surface area contributed by atoms with Crippen molar-refractivity contribution in [2.75, 3.05) is 13.1 Å². The Labute approximate surface area is 140 Å². The van der Waals surface area contributed by atoms with Crippen molar-refractivity contribution in [3.8, 4) is 11.8 Å². The molecule has 114 valence electrons. The molecule has 2 aromatic rings. The second-order valence-electron chi connectivity index (χ2n) is 6.19. The molecule has 1 saturated heterocycles. The zero-order valence-electron chi connectivity index (χ0n) is 12.5. The summed E-state index contributed by atoms with van der Waals surface area (Å²) in [5.74, 6) is 6.99. The van der Waals surface area contributed by atoms with Crippen molar-refractivity contribution in [1.29, 1.82) is 0 Å². The smallest absolute Gasteiger partial charge is 0.255 e. The van der Waals surface area contributed by atoms with E-state index in [1.807, 2.05) is 35.2 Å². The summed E-state index contributed by atoms with van der Waals surface area (Å²) in [4.78, 5) is 18.7. The van der Waals surface area contributed by atoms with Crippen molar-refractivity contribution in [3.05, 3.63) is 64.9 Å². The third-order valence-corrected chi connectivity index (χ3v) is 4.97. The molecule has 2 fully saturated rings. The van der Waals surface area contributed by atoms with Gasteiger partial charge in [0.15, 0.2) is 0 Å². The predicted octanol–water partition coefficient (Wildman–Crippen LogP) is 3.25. The number of fused-ring (bicyclic) bond motifs is 1. The number of halogens is 1. The molecule has 1 amide bonds. The molecule has 4 rings (SSSR count). The van der Waals surface area contributed by atoms with Gasteiger partial charge in [-0.1, -0.05) is 35.7 Å². The Morgan fingerprint density at radius 2 is 2.09 bits per heavy atom. The standard InChI is InChI=1S/C19H15ClN2O/c20-17-7-2-1-6-16(17)18(23)22-12-14-11-19(14,13-22)9-8-15-5-3-4-10-21-15/h1-7,10,14H,11-13H2. The molecule has 0 spiro atoms. The molecule has 0 radical (unpaired) electrons. The molecule has 2 heterocycles. The van der Waals surface area contributed by atoms with Gasteiger partial charge in [-0.15, -0.1) is 0 Å². The SMILES string of the molecule is O=C(c1ccccc1Cl)N1CC2CC2(C#Cc2ccccn2)C1. The number of pyridine rings is 1. The Balaban J connectivity index is 1.51. The molecule has 1 aliphatic heterocycles. The number of carbonyl (C=O) groups excluding carboxylic acids is 1. The third-order valence-electron chi connectivity index (χ3n) is 4.64. The Hall–Kier alpha value is -2.31. The highest BCUT2D eigenvalue weighted by molar-refractivity contribution is 6.33. The molecule has 0 bridgehead atoms. The van der Waals surface area contributed by atoms with Crippen molar-refractivity contribution in [2.45, 2.75) is 6.42 Å². The topological polar surface area (TPSA) is 33.2 Å². The minimum Gasteiger partial charge on any atom is -0.337 e. The van der Waals surface area contributed by atoms with Gasteiger partial charge in [0.1, 0.15) is 5.69 Å². The number of amides is 1. The summed E-state index contributed by atoms with van der Waals surface area (Å²) in [5.41, 5.74) is 1.31. The van der Waals surface area contributed by atoms with Crippen LogP contribution in [0.2, 0.25) is 5.02 Å². The number of hydrogen-bond donors (Lipinski definition) is 0. The lowest BCUT2D eigenvalue weighted by molar-refractivity contribution is 0.0771. The molecule has 0 N–H and O–H groups in total. The van der Waals surface area contributed by atoms with Crippen LogP contribution in [0.15, 0.2) is 48.7 Å². The fraction of sp³-hybridized carbons (Fsp3) is 0.263. The Bertz CT molecular complexity index is 824. The average molecular weight is 323 g/mol. The lowest BCUT2D eigenvalue weighted by Gasteiger charge is -2.19. The van der Waals surface area contributed by atoms with Crippen LogP contribution in [-0.4, -0.2) is 28.9 Å². The van der Waals surface area contributed by atoms with Crippen LogP contribution in [0.4, 0.5) is 0 Å². The molecule has 3 nitrogen and oxygen atoms in total. The van der Waals surface area contributed by atoms with E-state index < -0.39 is 0 Å². The number of nitrogens with zero attached hydrogens (tertiary/aromatic N) is 2. The second kappa shape index (κ2) is 5.40. The van der Waals surface area contributed by atoms with E-state index in [2.05, 4.69) is 16.8 Å². The van der Waals surface area contributed by atoms with Crippen LogP contribution in [0.3, 0.4) is 0 Å². The highest BCUT2D eigenvalue weighted by Gasteiger charge is 2.60. The lowest BCUT2D eigenvalue weighted by Crippen LogP contribution is -2.31. The molecule has 1 aromatic carbocycles. The number of rotatable bonds is 1. The normalized spacial score (nSPS) is 24.6. The lowest BCUT2D eigenvalue weighted by atomic mass is 10.1. The van der Waals surface area contributed by atoms with Gasteiger partial charge in [-0.05, 0) is 42.5 Å². The Morgan fingerprint density at radius 3 is 2.87 bits per heavy atom. The van der Waals surface area contributed by atoms with E-state index in [1.165, 1.54) is 0 Å². The molecule has 1 aliphatic carbocycles. The van der Waals surface area contributed by atoms with Gasteiger partial charge in [-0.3, -0.25) is 4.79 Å². The number of aromatic nitrogens is 1. The van der Waals surface area contributed by atoms with Gasteiger partial charge >= 0.3 is 0 Å². The van der Waals surface area contributed by atoms with Gasteiger partial charge in [0.05, 0.1) is 16.0 Å². The van der Waals surface area contributed by atoms with Crippen LogP contribution in [0.5, 0.6) is 0 Å². The van der Waals surface area contributed by atoms with Crippen molar-refractivity contribution >= 4 is 17.5 Å². The Kier molecular flexibility index (Phi) is 3.36. The van der Waals surface area contributed by atoms with Crippen LogP contribution in [0.25, 0.3) is 0 Å². The largest absolute Gasteiger partial charge is 0.337 e. The molecule has 1 aromatic heterocycles. The third kappa shape index (κ3) is 2.60. The molecule has 2 atom stereocenters. The first-order valence-corrected chi connectivity index (χ1v) is 8.04. The predicted molar refractivity (Wildman–Crippen MR) is 89.0 cm³/mol. The maximum Gasteiger partial charge on any atom is 0.255 e. The number of piperidine rings is 1. The number of benzene rings is 1. The van der Waals surface area contributed by atoms with E-state index >= 15 is 0 Å². The van der Waals surface area contributed by atoms with Gasteiger partial charge in [0.25, 0.3) is 5.91 Å². The fourth-order valence-electron chi connectivity index (χ4n) is 3.26. The molecule has 2 aliphatic rings. The molecule has 2 unspecified atom stereocenters. The first-order chi connectivity index (χ1) is 11.2. The van der Waals surface area contributed by atoms with Crippen molar-refractivity contribution < 1.29 is 4.79 Å². The zero-order valence-corrected chi connectivity index (χ0v) is 13.3. The van der Waals surface area contributed by atoms with Crippen LogP contribution < -0.4 is 0 Å². The van der Waals surface area contributed by atoms with Crippen molar-refractivity contribution in [1.82, 2.24) is 9.88 Å². The number of hydrogen-bond acceptors (Lipinski definition) is 2. The first kappa shape index (κ1) is 14.3. The van der Waals surface area contributed by atoms with E-state index in [1.54, 1.807) is 18.3 Å². The quantitative estimate of drug-likeness (QED) is 0.755. The van der Waals surface area contributed by atoms with E-state index in [0.29, 0.717) is 23.0 Å². The second-order valence-corrected chi connectivity index (χ2v) is 6.59. The van der Waals surface area contributed by atoms with Gasteiger partial charge in [0.2, 0.25) is 0 Å². The summed E-state index contributed by atoms with van der Waals surface area (Å²) in [6, 6.07) is 12.9. The number of carbonyl (C=O) groups is 1. The summed E-state index contributed by atoms with van der Waals surface area (Å²) < 4.78 is 0. The highest BCUT2D eigenvalue weighted by Crippen LogP contribution is 2.57.